The first-order valence-electron chi connectivity index (χ1n) is 3.54. The molecule has 0 bridgehead atoms. The minimum absolute atomic E-state index is 0.0688. The van der Waals surface area contributed by atoms with Gasteiger partial charge in [-0.1, -0.05) is 0 Å². The molecule has 0 heterocycles. The van der Waals surface area contributed by atoms with Crippen LogP contribution < -0.4 is 5.73 Å². The summed E-state index contributed by atoms with van der Waals surface area (Å²) >= 11 is 0. The van der Waals surface area contributed by atoms with Crippen molar-refractivity contribution in [3.05, 3.63) is 0 Å². The predicted octanol–water partition coefficient (Wildman–Crippen LogP) is 0.139. The van der Waals surface area contributed by atoms with E-state index >= 15 is 0 Å². The Hall–Kier alpha value is -0.120. The van der Waals surface area contributed by atoms with Crippen LogP contribution in [0.25, 0.3) is 0 Å². The molecule has 3 heteroatoms. The molecule has 3 nitrogen and oxygen atoms in total. The van der Waals surface area contributed by atoms with Gasteiger partial charge in [0.05, 0.1) is 11.7 Å². The summed E-state index contributed by atoms with van der Waals surface area (Å²) in [4.78, 5) is 0. The van der Waals surface area contributed by atoms with E-state index < -0.39 is 0 Å². The second kappa shape index (κ2) is 2.86. The lowest BCUT2D eigenvalue weighted by Crippen LogP contribution is -2.54. The fourth-order valence-corrected chi connectivity index (χ4v) is 1.35. The second-order valence-electron chi connectivity index (χ2n) is 2.86. The van der Waals surface area contributed by atoms with Crippen molar-refractivity contribution in [3.8, 4) is 0 Å². The summed E-state index contributed by atoms with van der Waals surface area (Å²) < 4.78 is 10.4. The van der Waals surface area contributed by atoms with E-state index in [-0.39, 0.29) is 5.60 Å². The Morgan fingerprint density at radius 2 is 2.10 bits per heavy atom. The van der Waals surface area contributed by atoms with Gasteiger partial charge < -0.3 is 15.2 Å². The maximum absolute atomic E-state index is 5.52. The fourth-order valence-electron chi connectivity index (χ4n) is 1.35. The first kappa shape index (κ1) is 7.98. The molecule has 0 aromatic rings. The zero-order valence-corrected chi connectivity index (χ0v) is 6.59. The summed E-state index contributed by atoms with van der Waals surface area (Å²) in [7, 11) is 3.43. The fraction of sp³-hybridized carbons (Fsp3) is 1.00. The maximum atomic E-state index is 5.52. The predicted molar refractivity (Wildman–Crippen MR) is 38.8 cm³/mol. The molecule has 0 aromatic heterocycles. The number of hydrogen-bond acceptors (Lipinski definition) is 3. The number of ether oxygens (including phenoxy) is 2. The van der Waals surface area contributed by atoms with Crippen molar-refractivity contribution >= 4 is 0 Å². The van der Waals surface area contributed by atoms with E-state index in [2.05, 4.69) is 0 Å². The Kier molecular flexibility index (Phi) is 2.28. The zero-order chi connectivity index (χ0) is 7.61. The number of rotatable bonds is 3. The highest BCUT2D eigenvalue weighted by Gasteiger charge is 2.43. The van der Waals surface area contributed by atoms with Crippen molar-refractivity contribution in [2.45, 2.75) is 24.5 Å². The lowest BCUT2D eigenvalue weighted by molar-refractivity contribution is -0.141. The second-order valence-corrected chi connectivity index (χ2v) is 2.86. The normalized spacial score (nSPS) is 39.3. The van der Waals surface area contributed by atoms with Crippen molar-refractivity contribution in [1.82, 2.24) is 0 Å². The van der Waals surface area contributed by atoms with Crippen LogP contribution in [0, 0.1) is 0 Å². The zero-order valence-electron chi connectivity index (χ0n) is 6.59. The summed E-state index contributed by atoms with van der Waals surface area (Å²) in [6, 6.07) is 0. The van der Waals surface area contributed by atoms with Gasteiger partial charge in [0, 0.05) is 33.6 Å². The van der Waals surface area contributed by atoms with Crippen molar-refractivity contribution in [2.24, 2.45) is 5.73 Å². The van der Waals surface area contributed by atoms with Crippen molar-refractivity contribution in [2.75, 3.05) is 20.8 Å². The van der Waals surface area contributed by atoms with Gasteiger partial charge in [0.15, 0.2) is 0 Å². The number of hydrogen-bond donors (Lipinski definition) is 1. The Balaban J connectivity index is 2.31. The summed E-state index contributed by atoms with van der Waals surface area (Å²) in [6.07, 6.45) is 2.25. The Bertz CT molecular complexity index is 104. The van der Waals surface area contributed by atoms with Crippen LogP contribution in [0.2, 0.25) is 0 Å². The van der Waals surface area contributed by atoms with Gasteiger partial charge in [0.2, 0.25) is 0 Å². The van der Waals surface area contributed by atoms with Gasteiger partial charge in [-0.25, -0.2) is 0 Å². The van der Waals surface area contributed by atoms with E-state index in [9.17, 15) is 0 Å². The Morgan fingerprint density at radius 3 is 2.40 bits per heavy atom. The molecule has 0 aliphatic heterocycles. The van der Waals surface area contributed by atoms with Gasteiger partial charge >= 0.3 is 0 Å². The third-order valence-corrected chi connectivity index (χ3v) is 2.34. The van der Waals surface area contributed by atoms with Crippen LogP contribution >= 0.6 is 0 Å². The monoisotopic (exact) mass is 145 g/mol. The van der Waals surface area contributed by atoms with Crippen LogP contribution in [0.3, 0.4) is 0 Å². The minimum Gasteiger partial charge on any atom is -0.381 e. The SMILES string of the molecule is COC1CC(CN)(OC)C1. The molecular formula is C7H15NO2. The molecule has 10 heavy (non-hydrogen) atoms. The summed E-state index contributed by atoms with van der Waals surface area (Å²) in [5.74, 6) is 0. The van der Waals surface area contributed by atoms with Gasteiger partial charge in [-0.15, -0.1) is 0 Å². The topological polar surface area (TPSA) is 44.5 Å². The molecular weight excluding hydrogens is 130 g/mol. The molecule has 2 N–H and O–H groups in total. The van der Waals surface area contributed by atoms with Crippen LogP contribution in [0.15, 0.2) is 0 Å². The molecule has 1 aliphatic carbocycles. The minimum atomic E-state index is -0.0688. The average molecular weight is 145 g/mol. The third kappa shape index (κ3) is 1.17. The van der Waals surface area contributed by atoms with E-state index in [1.807, 2.05) is 0 Å². The number of nitrogens with two attached hydrogens (primary N) is 1. The van der Waals surface area contributed by atoms with Crippen molar-refractivity contribution < 1.29 is 9.47 Å². The molecule has 0 aromatic carbocycles. The lowest BCUT2D eigenvalue weighted by atomic mass is 9.77. The smallest absolute Gasteiger partial charge is 0.0849 e. The molecule has 0 spiro atoms. The van der Waals surface area contributed by atoms with E-state index in [1.165, 1.54) is 0 Å². The molecule has 60 valence electrons. The first-order chi connectivity index (χ1) is 4.76. The largest absolute Gasteiger partial charge is 0.381 e. The van der Waals surface area contributed by atoms with E-state index in [1.54, 1.807) is 14.2 Å². The molecule has 1 rings (SSSR count). The van der Waals surface area contributed by atoms with Crippen LogP contribution in [-0.4, -0.2) is 32.5 Å². The van der Waals surface area contributed by atoms with Crippen LogP contribution in [0.5, 0.6) is 0 Å². The van der Waals surface area contributed by atoms with E-state index in [0.29, 0.717) is 12.6 Å². The molecule has 1 fully saturated rings. The summed E-state index contributed by atoms with van der Waals surface area (Å²) in [5, 5.41) is 0. The Labute approximate surface area is 61.5 Å². The van der Waals surface area contributed by atoms with Crippen LogP contribution in [0.4, 0.5) is 0 Å². The highest BCUT2D eigenvalue weighted by Crippen LogP contribution is 2.35. The molecule has 0 unspecified atom stereocenters. The third-order valence-electron chi connectivity index (χ3n) is 2.34. The van der Waals surface area contributed by atoms with Gasteiger partial charge in [0.25, 0.3) is 0 Å². The molecule has 1 aliphatic rings. The molecule has 0 radical (unpaired) electrons. The van der Waals surface area contributed by atoms with Crippen molar-refractivity contribution in [3.63, 3.8) is 0 Å². The van der Waals surface area contributed by atoms with E-state index in [4.69, 9.17) is 15.2 Å². The molecule has 0 saturated heterocycles. The maximum Gasteiger partial charge on any atom is 0.0849 e. The summed E-state index contributed by atoms with van der Waals surface area (Å²) in [6.45, 7) is 0.601. The van der Waals surface area contributed by atoms with Gasteiger partial charge in [-0.2, -0.15) is 0 Å². The number of methoxy groups -OCH3 is 2. The standard InChI is InChI=1S/C7H15NO2/c1-9-6-3-7(4-6,5-8)10-2/h6H,3-5,8H2,1-2H3. The molecule has 0 amide bonds. The summed E-state index contributed by atoms with van der Waals surface area (Å²) in [5.41, 5.74) is 5.45. The lowest BCUT2D eigenvalue weighted by Gasteiger charge is -2.44. The highest BCUT2D eigenvalue weighted by atomic mass is 16.5. The highest BCUT2D eigenvalue weighted by molar-refractivity contribution is 4.97. The Morgan fingerprint density at radius 1 is 1.50 bits per heavy atom. The van der Waals surface area contributed by atoms with Crippen LogP contribution in [0.1, 0.15) is 12.8 Å². The average Bonchev–Trinajstić information content (AvgIpc) is 1.89. The molecule has 0 atom stereocenters. The van der Waals surface area contributed by atoms with Gasteiger partial charge in [-0.3, -0.25) is 0 Å². The van der Waals surface area contributed by atoms with Crippen molar-refractivity contribution in [1.29, 1.82) is 0 Å². The quantitative estimate of drug-likeness (QED) is 0.614. The van der Waals surface area contributed by atoms with E-state index in [0.717, 1.165) is 12.8 Å². The molecule has 1 saturated carbocycles. The van der Waals surface area contributed by atoms with Gasteiger partial charge in [-0.05, 0) is 0 Å². The van der Waals surface area contributed by atoms with Crippen LogP contribution in [-0.2, 0) is 9.47 Å². The van der Waals surface area contributed by atoms with Gasteiger partial charge in [0.1, 0.15) is 0 Å². The first-order valence-corrected chi connectivity index (χ1v) is 3.54.